The molecule has 0 saturated heterocycles. The Bertz CT molecular complexity index is 411. The maximum atomic E-state index is 13.4. The molecule has 0 aromatic heterocycles. The molecule has 1 aliphatic rings. The molecule has 1 fully saturated rings. The van der Waals surface area contributed by atoms with Crippen LogP contribution in [0.4, 0.5) is 8.78 Å². The molecule has 0 aliphatic heterocycles. The minimum absolute atomic E-state index is 0.132. The van der Waals surface area contributed by atoms with E-state index in [-0.39, 0.29) is 6.04 Å². The molecule has 1 atom stereocenters. The van der Waals surface area contributed by atoms with Gasteiger partial charge in [-0.15, -0.1) is 0 Å². The van der Waals surface area contributed by atoms with Gasteiger partial charge in [0.15, 0.2) is 11.6 Å². The molecule has 3 heteroatoms. The Balaban J connectivity index is 2.09. The van der Waals surface area contributed by atoms with Crippen molar-refractivity contribution in [3.8, 4) is 0 Å². The van der Waals surface area contributed by atoms with E-state index in [1.807, 2.05) is 7.05 Å². The van der Waals surface area contributed by atoms with Crippen LogP contribution in [0.1, 0.15) is 50.6 Å². The highest BCUT2D eigenvalue weighted by atomic mass is 19.2. The van der Waals surface area contributed by atoms with Crippen molar-refractivity contribution in [3.05, 3.63) is 35.4 Å². The first kappa shape index (κ1) is 14.4. The van der Waals surface area contributed by atoms with E-state index >= 15 is 0 Å². The van der Waals surface area contributed by atoms with Crippen LogP contribution in [-0.4, -0.2) is 7.05 Å². The molecule has 2 rings (SSSR count). The first-order chi connectivity index (χ1) is 9.15. The summed E-state index contributed by atoms with van der Waals surface area (Å²) in [6.45, 7) is 2.25. The van der Waals surface area contributed by atoms with Crippen molar-refractivity contribution in [2.75, 3.05) is 7.05 Å². The zero-order valence-corrected chi connectivity index (χ0v) is 11.8. The summed E-state index contributed by atoms with van der Waals surface area (Å²) in [4.78, 5) is 0. The molecule has 0 bridgehead atoms. The number of benzene rings is 1. The largest absolute Gasteiger partial charge is 0.313 e. The van der Waals surface area contributed by atoms with Crippen LogP contribution < -0.4 is 5.32 Å². The lowest BCUT2D eigenvalue weighted by Gasteiger charge is -2.33. The third kappa shape index (κ3) is 3.33. The number of hydrogen-bond acceptors (Lipinski definition) is 1. The molecule has 1 aromatic rings. The van der Waals surface area contributed by atoms with Crippen molar-refractivity contribution in [2.45, 2.75) is 45.1 Å². The smallest absolute Gasteiger partial charge is 0.159 e. The second kappa shape index (κ2) is 6.47. The molecule has 0 spiro atoms. The van der Waals surface area contributed by atoms with Gasteiger partial charge in [-0.2, -0.15) is 0 Å². The van der Waals surface area contributed by atoms with Gasteiger partial charge in [0.2, 0.25) is 0 Å². The Morgan fingerprint density at radius 3 is 2.37 bits per heavy atom. The standard InChI is InChI=1S/C16H23F2N/c1-3-11-4-6-12(7-5-11)16(19-2)13-8-9-14(17)15(18)10-13/h8-12,16,19H,3-7H2,1-2H3. The summed E-state index contributed by atoms with van der Waals surface area (Å²) in [6, 6.07) is 4.40. The molecule has 0 radical (unpaired) electrons. The Hall–Kier alpha value is -0.960. The van der Waals surface area contributed by atoms with Gasteiger partial charge in [-0.3, -0.25) is 0 Å². The van der Waals surface area contributed by atoms with E-state index in [1.54, 1.807) is 6.07 Å². The van der Waals surface area contributed by atoms with Crippen molar-refractivity contribution in [1.82, 2.24) is 5.32 Å². The highest BCUT2D eigenvalue weighted by Crippen LogP contribution is 2.37. The van der Waals surface area contributed by atoms with Crippen LogP contribution in [-0.2, 0) is 0 Å². The Morgan fingerprint density at radius 2 is 1.84 bits per heavy atom. The zero-order valence-electron chi connectivity index (χ0n) is 11.8. The van der Waals surface area contributed by atoms with E-state index in [1.165, 1.54) is 44.2 Å². The van der Waals surface area contributed by atoms with Gasteiger partial charge in [-0.25, -0.2) is 8.78 Å². The summed E-state index contributed by atoms with van der Waals surface area (Å²) in [7, 11) is 1.90. The third-order valence-corrected chi connectivity index (χ3v) is 4.55. The molecule has 1 unspecified atom stereocenters. The molecule has 0 amide bonds. The second-order valence-electron chi connectivity index (χ2n) is 5.63. The summed E-state index contributed by atoms with van der Waals surface area (Å²) >= 11 is 0. The van der Waals surface area contributed by atoms with E-state index in [0.29, 0.717) is 5.92 Å². The first-order valence-corrected chi connectivity index (χ1v) is 7.28. The number of nitrogens with one attached hydrogen (secondary N) is 1. The van der Waals surface area contributed by atoms with Crippen molar-refractivity contribution < 1.29 is 8.78 Å². The highest BCUT2D eigenvalue weighted by molar-refractivity contribution is 5.22. The van der Waals surface area contributed by atoms with Crippen LogP contribution in [0.25, 0.3) is 0 Å². The van der Waals surface area contributed by atoms with Crippen molar-refractivity contribution >= 4 is 0 Å². The van der Waals surface area contributed by atoms with Crippen molar-refractivity contribution in [3.63, 3.8) is 0 Å². The summed E-state index contributed by atoms with van der Waals surface area (Å²) in [5.41, 5.74) is 0.862. The molecule has 106 valence electrons. The summed E-state index contributed by atoms with van der Waals surface area (Å²) < 4.78 is 26.4. The van der Waals surface area contributed by atoms with Crippen LogP contribution in [0.3, 0.4) is 0 Å². The van der Waals surface area contributed by atoms with E-state index in [4.69, 9.17) is 0 Å². The monoisotopic (exact) mass is 267 g/mol. The lowest BCUT2D eigenvalue weighted by molar-refractivity contribution is 0.224. The Labute approximate surface area is 114 Å². The van der Waals surface area contributed by atoms with Gasteiger partial charge in [-0.1, -0.05) is 32.3 Å². The SMILES string of the molecule is CCC1CCC(C(NC)c2ccc(F)c(F)c2)CC1. The maximum Gasteiger partial charge on any atom is 0.159 e. The van der Waals surface area contributed by atoms with Gasteiger partial charge in [0.25, 0.3) is 0 Å². The van der Waals surface area contributed by atoms with Gasteiger partial charge in [0, 0.05) is 6.04 Å². The molecule has 1 nitrogen and oxygen atoms in total. The molecule has 1 saturated carbocycles. The number of halogens is 2. The number of hydrogen-bond donors (Lipinski definition) is 1. The fourth-order valence-electron chi connectivity index (χ4n) is 3.31. The van der Waals surface area contributed by atoms with E-state index < -0.39 is 11.6 Å². The predicted octanol–water partition coefficient (Wildman–Crippen LogP) is 4.44. The lowest BCUT2D eigenvalue weighted by atomic mass is 9.76. The van der Waals surface area contributed by atoms with E-state index in [9.17, 15) is 8.78 Å². The molecule has 19 heavy (non-hydrogen) atoms. The van der Waals surface area contributed by atoms with Crippen LogP contribution >= 0.6 is 0 Å². The second-order valence-corrected chi connectivity index (χ2v) is 5.63. The topological polar surface area (TPSA) is 12.0 Å². The summed E-state index contributed by atoms with van der Waals surface area (Å²) in [6.07, 6.45) is 6.10. The summed E-state index contributed by atoms with van der Waals surface area (Å²) in [5, 5.41) is 3.28. The zero-order chi connectivity index (χ0) is 13.8. The van der Waals surface area contributed by atoms with Crippen LogP contribution in [0.2, 0.25) is 0 Å². The normalized spacial score (nSPS) is 25.3. The van der Waals surface area contributed by atoms with Gasteiger partial charge in [0.05, 0.1) is 0 Å². The van der Waals surface area contributed by atoms with Crippen LogP contribution in [0.5, 0.6) is 0 Å². The minimum atomic E-state index is -0.770. The third-order valence-electron chi connectivity index (χ3n) is 4.55. The maximum absolute atomic E-state index is 13.4. The Morgan fingerprint density at radius 1 is 1.16 bits per heavy atom. The molecule has 1 aromatic carbocycles. The summed E-state index contributed by atoms with van der Waals surface area (Å²) in [5.74, 6) is -0.148. The minimum Gasteiger partial charge on any atom is -0.313 e. The van der Waals surface area contributed by atoms with Gasteiger partial charge >= 0.3 is 0 Å². The molecular weight excluding hydrogens is 244 g/mol. The van der Waals surface area contributed by atoms with E-state index in [0.717, 1.165) is 11.5 Å². The molecule has 1 N–H and O–H groups in total. The fraction of sp³-hybridized carbons (Fsp3) is 0.625. The van der Waals surface area contributed by atoms with Gasteiger partial charge in [-0.05, 0) is 49.4 Å². The average Bonchev–Trinajstić information content (AvgIpc) is 2.44. The quantitative estimate of drug-likeness (QED) is 0.850. The number of rotatable bonds is 4. The average molecular weight is 267 g/mol. The first-order valence-electron chi connectivity index (χ1n) is 7.28. The van der Waals surface area contributed by atoms with Crippen LogP contribution in [0, 0.1) is 23.5 Å². The lowest BCUT2D eigenvalue weighted by Crippen LogP contribution is -2.28. The molecule has 0 heterocycles. The van der Waals surface area contributed by atoms with Crippen molar-refractivity contribution in [2.24, 2.45) is 11.8 Å². The highest BCUT2D eigenvalue weighted by Gasteiger charge is 2.27. The fourth-order valence-corrected chi connectivity index (χ4v) is 3.31. The van der Waals surface area contributed by atoms with Gasteiger partial charge in [0.1, 0.15) is 0 Å². The van der Waals surface area contributed by atoms with E-state index in [2.05, 4.69) is 12.2 Å². The molecule has 1 aliphatic carbocycles. The Kier molecular flexibility index (Phi) is 4.92. The van der Waals surface area contributed by atoms with Gasteiger partial charge < -0.3 is 5.32 Å². The molecular formula is C16H23F2N. The predicted molar refractivity (Wildman–Crippen MR) is 73.9 cm³/mol. The van der Waals surface area contributed by atoms with Crippen molar-refractivity contribution in [1.29, 1.82) is 0 Å². The van der Waals surface area contributed by atoms with Crippen LogP contribution in [0.15, 0.2) is 18.2 Å².